The molecular formula is C22H19F4NO2. The van der Waals surface area contributed by atoms with Crippen LogP contribution in [-0.2, 0) is 17.5 Å². The van der Waals surface area contributed by atoms with Crippen molar-refractivity contribution in [3.8, 4) is 0 Å². The first-order valence-electron chi connectivity index (χ1n) is 9.40. The Morgan fingerprint density at radius 2 is 1.86 bits per heavy atom. The zero-order valence-corrected chi connectivity index (χ0v) is 15.5. The highest BCUT2D eigenvalue weighted by atomic mass is 19.4. The summed E-state index contributed by atoms with van der Waals surface area (Å²) in [5.74, 6) is -1.29. The number of rotatable bonds is 3. The standard InChI is InChI=1S/C22H19F4NO2/c23-20-9-6-15(12-19(20)22(24,25)26)16-10-17-7-8-18(11-16)27(17)21(28)29-13-14-4-2-1-3-5-14/h1-6,9-10,12,17-18H,7-8,11,13H2. The summed E-state index contributed by atoms with van der Waals surface area (Å²) in [6.45, 7) is 0.166. The van der Waals surface area contributed by atoms with E-state index in [2.05, 4.69) is 0 Å². The molecule has 2 aromatic carbocycles. The highest BCUT2D eigenvalue weighted by Crippen LogP contribution is 2.40. The van der Waals surface area contributed by atoms with Gasteiger partial charge in [-0.2, -0.15) is 13.2 Å². The van der Waals surface area contributed by atoms with Crippen molar-refractivity contribution in [3.63, 3.8) is 0 Å². The molecule has 2 atom stereocenters. The normalized spacial score (nSPS) is 21.1. The van der Waals surface area contributed by atoms with Gasteiger partial charge in [-0.05, 0) is 48.1 Å². The van der Waals surface area contributed by atoms with Crippen molar-refractivity contribution in [2.75, 3.05) is 0 Å². The van der Waals surface area contributed by atoms with Crippen molar-refractivity contribution in [1.29, 1.82) is 0 Å². The van der Waals surface area contributed by atoms with Crippen molar-refractivity contribution in [1.82, 2.24) is 4.90 Å². The van der Waals surface area contributed by atoms with Crippen molar-refractivity contribution >= 4 is 11.7 Å². The first-order chi connectivity index (χ1) is 13.8. The molecule has 2 aliphatic rings. The number of carbonyl (C=O) groups excluding carboxylic acids is 1. The van der Waals surface area contributed by atoms with E-state index in [-0.39, 0.29) is 18.7 Å². The second kappa shape index (κ2) is 7.54. The van der Waals surface area contributed by atoms with Gasteiger partial charge >= 0.3 is 12.3 Å². The number of ether oxygens (including phenoxy) is 1. The van der Waals surface area contributed by atoms with Crippen LogP contribution in [0.15, 0.2) is 54.6 Å². The van der Waals surface area contributed by atoms with Gasteiger partial charge in [-0.1, -0.05) is 42.5 Å². The molecule has 29 heavy (non-hydrogen) atoms. The molecule has 0 aliphatic carbocycles. The number of nitrogens with zero attached hydrogens (tertiary/aromatic N) is 1. The molecule has 2 bridgehead atoms. The van der Waals surface area contributed by atoms with Crippen LogP contribution >= 0.6 is 0 Å². The van der Waals surface area contributed by atoms with Crippen LogP contribution in [0.25, 0.3) is 5.57 Å². The van der Waals surface area contributed by atoms with Crippen molar-refractivity contribution in [2.45, 2.75) is 44.1 Å². The molecule has 2 aliphatic heterocycles. The molecule has 2 heterocycles. The van der Waals surface area contributed by atoms with Crippen LogP contribution < -0.4 is 0 Å². The van der Waals surface area contributed by atoms with E-state index >= 15 is 0 Å². The molecule has 0 N–H and O–H groups in total. The summed E-state index contributed by atoms with van der Waals surface area (Å²) in [4.78, 5) is 14.2. The molecule has 0 radical (unpaired) electrons. The minimum Gasteiger partial charge on any atom is -0.445 e. The molecule has 2 aromatic rings. The maximum Gasteiger partial charge on any atom is 0.419 e. The average Bonchev–Trinajstić information content (AvgIpc) is 2.96. The SMILES string of the molecule is O=C(OCc1ccccc1)N1C2C=C(c3ccc(F)c(C(F)(F)F)c3)CC1CC2. The number of fused-ring (bicyclic) bond motifs is 2. The second-order valence-corrected chi connectivity index (χ2v) is 7.33. The second-order valence-electron chi connectivity index (χ2n) is 7.33. The van der Waals surface area contributed by atoms with Crippen LogP contribution in [0.3, 0.4) is 0 Å². The number of carbonyl (C=O) groups is 1. The summed E-state index contributed by atoms with van der Waals surface area (Å²) < 4.78 is 58.1. The first kappa shape index (κ1) is 19.5. The summed E-state index contributed by atoms with van der Waals surface area (Å²) >= 11 is 0. The zero-order chi connectivity index (χ0) is 20.6. The molecule has 0 saturated carbocycles. The molecule has 1 saturated heterocycles. The molecule has 0 aromatic heterocycles. The van der Waals surface area contributed by atoms with Gasteiger partial charge in [-0.15, -0.1) is 0 Å². The minimum atomic E-state index is -4.75. The third-order valence-electron chi connectivity index (χ3n) is 5.45. The van der Waals surface area contributed by atoms with E-state index in [1.54, 1.807) is 11.0 Å². The van der Waals surface area contributed by atoms with Crippen LogP contribution in [0.5, 0.6) is 0 Å². The molecule has 2 unspecified atom stereocenters. The van der Waals surface area contributed by atoms with Crippen molar-refractivity contribution < 1.29 is 27.1 Å². The lowest BCUT2D eigenvalue weighted by Crippen LogP contribution is -2.43. The predicted octanol–water partition coefficient (Wildman–Crippen LogP) is 5.80. The first-order valence-corrected chi connectivity index (χ1v) is 9.40. The van der Waals surface area contributed by atoms with Gasteiger partial charge in [-0.3, -0.25) is 4.90 Å². The minimum absolute atomic E-state index is 0.136. The van der Waals surface area contributed by atoms with Crippen LogP contribution in [-0.4, -0.2) is 23.1 Å². The van der Waals surface area contributed by atoms with E-state index in [0.717, 1.165) is 30.5 Å². The monoisotopic (exact) mass is 405 g/mol. The number of hydrogen-bond donors (Lipinski definition) is 0. The fourth-order valence-electron chi connectivity index (χ4n) is 4.06. The number of amides is 1. The zero-order valence-electron chi connectivity index (χ0n) is 15.5. The van der Waals surface area contributed by atoms with Crippen LogP contribution in [0, 0.1) is 5.82 Å². The van der Waals surface area contributed by atoms with Crippen molar-refractivity contribution in [2.24, 2.45) is 0 Å². The lowest BCUT2D eigenvalue weighted by Gasteiger charge is -2.33. The third kappa shape index (κ3) is 3.99. The fourth-order valence-corrected chi connectivity index (χ4v) is 4.06. The molecular weight excluding hydrogens is 386 g/mol. The number of alkyl halides is 3. The quantitative estimate of drug-likeness (QED) is 0.604. The van der Waals surface area contributed by atoms with Crippen LogP contribution in [0.2, 0.25) is 0 Å². The van der Waals surface area contributed by atoms with Crippen LogP contribution in [0.1, 0.15) is 36.0 Å². The Kier molecular flexibility index (Phi) is 5.06. The van der Waals surface area contributed by atoms with E-state index in [1.165, 1.54) is 6.07 Å². The third-order valence-corrected chi connectivity index (χ3v) is 5.45. The van der Waals surface area contributed by atoms with Gasteiger partial charge in [0.15, 0.2) is 0 Å². The summed E-state index contributed by atoms with van der Waals surface area (Å²) in [7, 11) is 0. The average molecular weight is 405 g/mol. The van der Waals surface area contributed by atoms with Gasteiger partial charge in [0, 0.05) is 6.04 Å². The Morgan fingerprint density at radius 1 is 1.10 bits per heavy atom. The number of benzene rings is 2. The van der Waals surface area contributed by atoms with E-state index in [4.69, 9.17) is 4.74 Å². The summed E-state index contributed by atoms with van der Waals surface area (Å²) in [6.07, 6.45) is -1.48. The maximum atomic E-state index is 13.6. The molecule has 0 spiro atoms. The summed E-state index contributed by atoms with van der Waals surface area (Å²) in [5, 5.41) is 0. The van der Waals surface area contributed by atoms with Gasteiger partial charge in [0.2, 0.25) is 0 Å². The largest absolute Gasteiger partial charge is 0.445 e. The van der Waals surface area contributed by atoms with Gasteiger partial charge in [0.25, 0.3) is 0 Å². The molecule has 1 amide bonds. The maximum absolute atomic E-state index is 13.6. The molecule has 152 valence electrons. The highest BCUT2D eigenvalue weighted by Gasteiger charge is 2.41. The Balaban J connectivity index is 1.51. The fraction of sp³-hybridized carbons (Fsp3) is 0.318. The van der Waals surface area contributed by atoms with E-state index in [0.29, 0.717) is 17.6 Å². The summed E-state index contributed by atoms with van der Waals surface area (Å²) in [6, 6.07) is 12.0. The Morgan fingerprint density at radius 3 is 2.55 bits per heavy atom. The Labute approximate surface area is 165 Å². The highest BCUT2D eigenvalue weighted by molar-refractivity contribution is 5.75. The Bertz CT molecular complexity index is 940. The van der Waals surface area contributed by atoms with E-state index in [9.17, 15) is 22.4 Å². The number of halogens is 4. The van der Waals surface area contributed by atoms with Gasteiger partial charge in [0.1, 0.15) is 12.4 Å². The van der Waals surface area contributed by atoms with E-state index < -0.39 is 23.7 Å². The van der Waals surface area contributed by atoms with Crippen LogP contribution in [0.4, 0.5) is 22.4 Å². The van der Waals surface area contributed by atoms with Gasteiger partial charge in [0.05, 0.1) is 11.6 Å². The van der Waals surface area contributed by atoms with Gasteiger partial charge in [-0.25, -0.2) is 9.18 Å². The molecule has 4 rings (SSSR count). The smallest absolute Gasteiger partial charge is 0.419 e. The number of hydrogen-bond acceptors (Lipinski definition) is 2. The topological polar surface area (TPSA) is 29.5 Å². The summed E-state index contributed by atoms with van der Waals surface area (Å²) in [5.41, 5.74) is 0.656. The predicted molar refractivity (Wildman–Crippen MR) is 99.3 cm³/mol. The lowest BCUT2D eigenvalue weighted by molar-refractivity contribution is -0.140. The Hall–Kier alpha value is -2.83. The molecule has 7 heteroatoms. The lowest BCUT2D eigenvalue weighted by atomic mass is 9.93. The van der Waals surface area contributed by atoms with Gasteiger partial charge < -0.3 is 4.74 Å². The molecule has 1 fully saturated rings. The van der Waals surface area contributed by atoms with Crippen molar-refractivity contribution in [3.05, 3.63) is 77.1 Å². The van der Waals surface area contributed by atoms with E-state index in [1.807, 2.05) is 30.3 Å². The molecule has 3 nitrogen and oxygen atoms in total.